The minimum Gasteiger partial charge on any atom is -0.385 e. The van der Waals surface area contributed by atoms with Gasteiger partial charge >= 0.3 is 0 Å². The van der Waals surface area contributed by atoms with Gasteiger partial charge in [0.2, 0.25) is 10.0 Å². The van der Waals surface area contributed by atoms with E-state index >= 15 is 0 Å². The molecule has 1 aromatic carbocycles. The highest BCUT2D eigenvalue weighted by Gasteiger charge is 2.21. The van der Waals surface area contributed by atoms with Crippen LogP contribution < -0.4 is 10.5 Å². The van der Waals surface area contributed by atoms with Crippen molar-refractivity contribution < 1.29 is 17.5 Å². The Labute approximate surface area is 113 Å². The molecule has 0 saturated carbocycles. The number of halogens is 1. The largest absolute Gasteiger partial charge is 0.385 e. The van der Waals surface area contributed by atoms with E-state index in [0.29, 0.717) is 18.6 Å². The number of sulfonamides is 1. The summed E-state index contributed by atoms with van der Waals surface area (Å²) in [6.07, 6.45) is 0.531. The van der Waals surface area contributed by atoms with Crippen LogP contribution in [0.2, 0.25) is 0 Å². The molecule has 1 atom stereocenters. The SMILES string of the molecule is COCCC(C)NS(=O)(=O)c1cc(F)ccc1CN. The summed E-state index contributed by atoms with van der Waals surface area (Å²) in [6.45, 7) is 2.19. The first-order chi connectivity index (χ1) is 8.90. The van der Waals surface area contributed by atoms with Gasteiger partial charge < -0.3 is 10.5 Å². The third-order valence-corrected chi connectivity index (χ3v) is 4.32. The summed E-state index contributed by atoms with van der Waals surface area (Å²) in [5, 5.41) is 0. The Balaban J connectivity index is 2.96. The second kappa shape index (κ2) is 6.95. The predicted molar refractivity (Wildman–Crippen MR) is 70.6 cm³/mol. The van der Waals surface area contributed by atoms with Crippen LogP contribution in [0.5, 0.6) is 0 Å². The number of nitrogens with one attached hydrogen (secondary N) is 1. The lowest BCUT2D eigenvalue weighted by atomic mass is 10.2. The molecule has 1 unspecified atom stereocenters. The average molecular weight is 290 g/mol. The number of benzene rings is 1. The Bertz CT molecular complexity index is 520. The van der Waals surface area contributed by atoms with E-state index in [1.807, 2.05) is 0 Å². The van der Waals surface area contributed by atoms with Gasteiger partial charge in [0.25, 0.3) is 0 Å². The summed E-state index contributed by atoms with van der Waals surface area (Å²) in [7, 11) is -2.24. The highest BCUT2D eigenvalue weighted by molar-refractivity contribution is 7.89. The summed E-state index contributed by atoms with van der Waals surface area (Å²) < 4.78 is 44.9. The number of rotatable bonds is 7. The first-order valence-electron chi connectivity index (χ1n) is 5.90. The molecule has 19 heavy (non-hydrogen) atoms. The van der Waals surface area contributed by atoms with Gasteiger partial charge in [0.15, 0.2) is 0 Å². The lowest BCUT2D eigenvalue weighted by molar-refractivity contribution is 0.188. The fraction of sp³-hybridized carbons (Fsp3) is 0.500. The lowest BCUT2D eigenvalue weighted by Gasteiger charge is -2.15. The normalized spacial score (nSPS) is 13.5. The Hall–Kier alpha value is -1.02. The molecule has 0 spiro atoms. The van der Waals surface area contributed by atoms with Crippen molar-refractivity contribution in [3.05, 3.63) is 29.6 Å². The van der Waals surface area contributed by atoms with Crippen molar-refractivity contribution in [2.75, 3.05) is 13.7 Å². The van der Waals surface area contributed by atoms with Crippen LogP contribution in [0.25, 0.3) is 0 Å². The number of methoxy groups -OCH3 is 1. The second-order valence-electron chi connectivity index (χ2n) is 4.26. The monoisotopic (exact) mass is 290 g/mol. The first-order valence-corrected chi connectivity index (χ1v) is 7.38. The van der Waals surface area contributed by atoms with Crippen LogP contribution in [0.1, 0.15) is 18.9 Å². The summed E-state index contributed by atoms with van der Waals surface area (Å²) in [5.41, 5.74) is 5.86. The highest BCUT2D eigenvalue weighted by Crippen LogP contribution is 2.17. The van der Waals surface area contributed by atoms with E-state index in [9.17, 15) is 12.8 Å². The zero-order chi connectivity index (χ0) is 14.5. The van der Waals surface area contributed by atoms with Crippen LogP contribution in [-0.2, 0) is 21.3 Å². The summed E-state index contributed by atoms with van der Waals surface area (Å²) in [5.74, 6) is -0.609. The van der Waals surface area contributed by atoms with Crippen molar-refractivity contribution in [1.82, 2.24) is 4.72 Å². The zero-order valence-electron chi connectivity index (χ0n) is 11.0. The van der Waals surface area contributed by atoms with Gasteiger partial charge in [-0.1, -0.05) is 6.07 Å². The molecule has 0 aliphatic heterocycles. The van der Waals surface area contributed by atoms with Gasteiger partial charge in [-0.2, -0.15) is 0 Å². The van der Waals surface area contributed by atoms with Crippen molar-refractivity contribution in [2.24, 2.45) is 5.73 Å². The molecular formula is C12H19FN2O3S. The smallest absolute Gasteiger partial charge is 0.241 e. The van der Waals surface area contributed by atoms with Gasteiger partial charge in [-0.25, -0.2) is 17.5 Å². The molecule has 0 radical (unpaired) electrons. The van der Waals surface area contributed by atoms with Crippen LogP contribution in [0.3, 0.4) is 0 Å². The van der Waals surface area contributed by atoms with E-state index in [0.717, 1.165) is 6.07 Å². The van der Waals surface area contributed by atoms with Crippen molar-refractivity contribution in [2.45, 2.75) is 30.8 Å². The molecule has 0 heterocycles. The molecule has 108 valence electrons. The summed E-state index contributed by atoms with van der Waals surface area (Å²) in [4.78, 5) is -0.112. The Morgan fingerprint density at radius 1 is 1.47 bits per heavy atom. The molecule has 0 bridgehead atoms. The van der Waals surface area contributed by atoms with Crippen LogP contribution in [-0.4, -0.2) is 28.2 Å². The quantitative estimate of drug-likeness (QED) is 0.784. The van der Waals surface area contributed by atoms with Gasteiger partial charge in [0.05, 0.1) is 4.90 Å². The Morgan fingerprint density at radius 2 is 2.16 bits per heavy atom. The minimum atomic E-state index is -3.78. The van der Waals surface area contributed by atoms with Gasteiger partial charge in [-0.3, -0.25) is 0 Å². The molecule has 1 rings (SSSR count). The number of ether oxygens (including phenoxy) is 1. The molecule has 5 nitrogen and oxygen atoms in total. The molecule has 1 aromatic rings. The van der Waals surface area contributed by atoms with Crippen LogP contribution >= 0.6 is 0 Å². The maximum absolute atomic E-state index is 13.2. The van der Waals surface area contributed by atoms with Crippen molar-refractivity contribution in [3.63, 3.8) is 0 Å². The summed E-state index contributed by atoms with van der Waals surface area (Å²) >= 11 is 0. The lowest BCUT2D eigenvalue weighted by Crippen LogP contribution is -2.34. The van der Waals surface area contributed by atoms with E-state index in [1.54, 1.807) is 14.0 Å². The van der Waals surface area contributed by atoms with Gasteiger partial charge in [-0.15, -0.1) is 0 Å². The molecule has 3 N–H and O–H groups in total. The fourth-order valence-corrected chi connectivity index (χ4v) is 3.17. The van der Waals surface area contributed by atoms with Gasteiger partial charge in [-0.05, 0) is 31.0 Å². The third-order valence-electron chi connectivity index (χ3n) is 2.65. The van der Waals surface area contributed by atoms with Gasteiger partial charge in [0, 0.05) is 26.3 Å². The second-order valence-corrected chi connectivity index (χ2v) is 5.94. The van der Waals surface area contributed by atoms with Crippen molar-refractivity contribution in [1.29, 1.82) is 0 Å². The fourth-order valence-electron chi connectivity index (χ4n) is 1.63. The number of hydrogen-bond acceptors (Lipinski definition) is 4. The topological polar surface area (TPSA) is 81.4 Å². The van der Waals surface area contributed by atoms with E-state index < -0.39 is 15.8 Å². The molecule has 0 amide bonds. The molecule has 0 aliphatic rings. The number of hydrogen-bond donors (Lipinski definition) is 2. The van der Waals surface area contributed by atoms with Crippen LogP contribution in [0, 0.1) is 5.82 Å². The van der Waals surface area contributed by atoms with Crippen LogP contribution in [0.15, 0.2) is 23.1 Å². The Kier molecular flexibility index (Phi) is 5.86. The maximum atomic E-state index is 13.2. The van der Waals surface area contributed by atoms with Crippen molar-refractivity contribution in [3.8, 4) is 0 Å². The molecule has 0 aliphatic carbocycles. The van der Waals surface area contributed by atoms with E-state index in [1.165, 1.54) is 12.1 Å². The predicted octanol–water partition coefficient (Wildman–Crippen LogP) is 0.988. The third kappa shape index (κ3) is 4.54. The number of nitrogens with two attached hydrogens (primary N) is 1. The van der Waals surface area contributed by atoms with E-state index in [4.69, 9.17) is 10.5 Å². The molecular weight excluding hydrogens is 271 g/mol. The summed E-state index contributed by atoms with van der Waals surface area (Å²) in [6, 6.07) is 3.24. The first kappa shape index (κ1) is 16.0. The average Bonchev–Trinajstić information content (AvgIpc) is 2.35. The molecule has 0 saturated heterocycles. The van der Waals surface area contributed by atoms with E-state index in [-0.39, 0.29) is 17.5 Å². The minimum absolute atomic E-state index is 0.0307. The van der Waals surface area contributed by atoms with E-state index in [2.05, 4.69) is 4.72 Å². The molecule has 0 aromatic heterocycles. The maximum Gasteiger partial charge on any atom is 0.241 e. The van der Waals surface area contributed by atoms with Crippen molar-refractivity contribution >= 4 is 10.0 Å². The standard InChI is InChI=1S/C12H19FN2O3S/c1-9(5-6-18-2)15-19(16,17)12-7-11(13)4-3-10(12)8-14/h3-4,7,9,15H,5-6,8,14H2,1-2H3. The van der Waals surface area contributed by atoms with Gasteiger partial charge in [0.1, 0.15) is 5.82 Å². The Morgan fingerprint density at radius 3 is 2.74 bits per heavy atom. The molecule has 7 heteroatoms. The zero-order valence-corrected chi connectivity index (χ0v) is 11.8. The molecule has 0 fully saturated rings. The highest BCUT2D eigenvalue weighted by atomic mass is 32.2. The van der Waals surface area contributed by atoms with Crippen LogP contribution in [0.4, 0.5) is 4.39 Å².